The van der Waals surface area contributed by atoms with Crippen LogP contribution in [0.3, 0.4) is 0 Å². The van der Waals surface area contributed by atoms with E-state index in [0.717, 1.165) is 32.9 Å². The third-order valence-electron chi connectivity index (χ3n) is 4.50. The molecule has 0 atom stereocenters. The molecule has 160 valence electrons. The smallest absolute Gasteiger partial charge is 0.406 e. The van der Waals surface area contributed by atoms with Crippen LogP contribution in [0.2, 0.25) is 0 Å². The van der Waals surface area contributed by atoms with E-state index in [4.69, 9.17) is 0 Å². The van der Waals surface area contributed by atoms with Gasteiger partial charge in [-0.25, -0.2) is 9.97 Å². The SMILES string of the molecule is Cc1cc2c(NCCCc3ccc(OC(F)(F)F)cc3)nc(-c3ccccn3)nc2s1. The molecule has 0 amide bonds. The van der Waals surface area contributed by atoms with Gasteiger partial charge in [-0.2, -0.15) is 0 Å². The molecule has 9 heteroatoms. The molecule has 0 aliphatic heterocycles. The number of nitrogens with one attached hydrogen (secondary N) is 1. The number of thiophene rings is 1. The average molecular weight is 444 g/mol. The van der Waals surface area contributed by atoms with Gasteiger partial charge < -0.3 is 10.1 Å². The number of rotatable bonds is 7. The topological polar surface area (TPSA) is 59.9 Å². The molecular formula is C22H19F3N4OS. The number of fused-ring (bicyclic) bond motifs is 1. The highest BCUT2D eigenvalue weighted by Crippen LogP contribution is 2.30. The van der Waals surface area contributed by atoms with Crippen LogP contribution in [0.1, 0.15) is 16.9 Å². The summed E-state index contributed by atoms with van der Waals surface area (Å²) in [5.74, 6) is 1.11. The van der Waals surface area contributed by atoms with Gasteiger partial charge in [-0.05, 0) is 55.7 Å². The van der Waals surface area contributed by atoms with Crippen molar-refractivity contribution in [2.75, 3.05) is 11.9 Å². The molecule has 31 heavy (non-hydrogen) atoms. The highest BCUT2D eigenvalue weighted by molar-refractivity contribution is 7.18. The first kappa shape index (κ1) is 21.0. The number of aromatic nitrogens is 3. The quantitative estimate of drug-likeness (QED) is 0.354. The van der Waals surface area contributed by atoms with Crippen LogP contribution in [-0.4, -0.2) is 27.9 Å². The summed E-state index contributed by atoms with van der Waals surface area (Å²) in [6.45, 7) is 2.69. The number of aryl methyl sites for hydroxylation is 2. The number of hydrogen-bond acceptors (Lipinski definition) is 6. The molecule has 0 spiro atoms. The van der Waals surface area contributed by atoms with Gasteiger partial charge in [0.1, 0.15) is 22.1 Å². The molecule has 0 radical (unpaired) electrons. The maximum Gasteiger partial charge on any atom is 0.573 e. The average Bonchev–Trinajstić information content (AvgIpc) is 3.12. The van der Waals surface area contributed by atoms with Gasteiger partial charge in [-0.15, -0.1) is 24.5 Å². The van der Waals surface area contributed by atoms with Crippen LogP contribution in [0.15, 0.2) is 54.7 Å². The summed E-state index contributed by atoms with van der Waals surface area (Å²) in [5.41, 5.74) is 1.64. The maximum atomic E-state index is 12.3. The van der Waals surface area contributed by atoms with Gasteiger partial charge >= 0.3 is 6.36 Å². The van der Waals surface area contributed by atoms with Crippen LogP contribution in [0, 0.1) is 6.92 Å². The van der Waals surface area contributed by atoms with Crippen molar-refractivity contribution < 1.29 is 17.9 Å². The Morgan fingerprint density at radius 2 is 1.87 bits per heavy atom. The highest BCUT2D eigenvalue weighted by Gasteiger charge is 2.30. The first-order chi connectivity index (χ1) is 14.9. The zero-order chi connectivity index (χ0) is 21.8. The second kappa shape index (κ2) is 8.89. The molecule has 3 aromatic heterocycles. The molecule has 5 nitrogen and oxygen atoms in total. The van der Waals surface area contributed by atoms with Crippen molar-refractivity contribution in [1.29, 1.82) is 0 Å². The van der Waals surface area contributed by atoms with E-state index in [1.165, 1.54) is 12.1 Å². The summed E-state index contributed by atoms with van der Waals surface area (Å²) in [6.07, 6.45) is -1.47. The Morgan fingerprint density at radius 3 is 2.58 bits per heavy atom. The third kappa shape index (κ3) is 5.49. The number of hydrogen-bond donors (Lipinski definition) is 1. The maximum absolute atomic E-state index is 12.3. The van der Waals surface area contributed by atoms with E-state index in [2.05, 4.69) is 31.1 Å². The Balaban J connectivity index is 1.42. The van der Waals surface area contributed by atoms with Crippen LogP contribution in [-0.2, 0) is 6.42 Å². The third-order valence-corrected chi connectivity index (χ3v) is 5.45. The van der Waals surface area contributed by atoms with Gasteiger partial charge in [-0.3, -0.25) is 4.98 Å². The first-order valence-electron chi connectivity index (χ1n) is 9.65. The van der Waals surface area contributed by atoms with Crippen LogP contribution in [0.25, 0.3) is 21.7 Å². The van der Waals surface area contributed by atoms with E-state index in [1.54, 1.807) is 29.7 Å². The molecule has 0 aliphatic rings. The number of anilines is 1. The predicted molar refractivity (Wildman–Crippen MR) is 115 cm³/mol. The van der Waals surface area contributed by atoms with Crippen molar-refractivity contribution in [2.24, 2.45) is 0 Å². The van der Waals surface area contributed by atoms with E-state index in [9.17, 15) is 13.2 Å². The molecule has 0 saturated heterocycles. The van der Waals surface area contributed by atoms with E-state index in [0.29, 0.717) is 24.5 Å². The molecule has 0 bridgehead atoms. The lowest BCUT2D eigenvalue weighted by molar-refractivity contribution is -0.274. The highest BCUT2D eigenvalue weighted by atomic mass is 32.1. The molecule has 0 unspecified atom stereocenters. The van der Waals surface area contributed by atoms with Crippen molar-refractivity contribution in [3.63, 3.8) is 0 Å². The fourth-order valence-electron chi connectivity index (χ4n) is 3.14. The molecule has 3 heterocycles. The van der Waals surface area contributed by atoms with Crippen molar-refractivity contribution in [3.05, 3.63) is 65.2 Å². The van der Waals surface area contributed by atoms with E-state index in [1.807, 2.05) is 25.1 Å². The summed E-state index contributed by atoms with van der Waals surface area (Å²) in [4.78, 5) is 15.7. The Morgan fingerprint density at radius 1 is 1.06 bits per heavy atom. The molecular weight excluding hydrogens is 425 g/mol. The zero-order valence-corrected chi connectivity index (χ0v) is 17.4. The zero-order valence-electron chi connectivity index (χ0n) is 16.6. The van der Waals surface area contributed by atoms with Gasteiger partial charge in [0.2, 0.25) is 0 Å². The summed E-state index contributed by atoms with van der Waals surface area (Å²) in [5, 5.41) is 4.35. The minimum absolute atomic E-state index is 0.215. The largest absolute Gasteiger partial charge is 0.573 e. The van der Waals surface area contributed by atoms with Gasteiger partial charge in [0.05, 0.1) is 5.39 Å². The predicted octanol–water partition coefficient (Wildman–Crippen LogP) is 6.01. The van der Waals surface area contributed by atoms with Crippen LogP contribution < -0.4 is 10.1 Å². The minimum atomic E-state index is -4.68. The molecule has 1 aromatic carbocycles. The monoisotopic (exact) mass is 444 g/mol. The van der Waals surface area contributed by atoms with Crippen LogP contribution >= 0.6 is 11.3 Å². The van der Waals surface area contributed by atoms with Gasteiger partial charge in [0, 0.05) is 17.6 Å². The van der Waals surface area contributed by atoms with Crippen molar-refractivity contribution >= 4 is 27.4 Å². The Bertz CT molecular complexity index is 1160. The fraction of sp³-hybridized carbons (Fsp3) is 0.227. The second-order valence-electron chi connectivity index (χ2n) is 6.91. The molecule has 0 aliphatic carbocycles. The number of alkyl halides is 3. The Labute approximate surface area is 181 Å². The lowest BCUT2D eigenvalue weighted by Gasteiger charge is -2.10. The fourth-order valence-corrected chi connectivity index (χ4v) is 4.02. The Hall–Kier alpha value is -3.20. The lowest BCUT2D eigenvalue weighted by Crippen LogP contribution is -2.17. The summed E-state index contributed by atoms with van der Waals surface area (Å²) >= 11 is 1.61. The van der Waals surface area contributed by atoms with Gasteiger partial charge in [0.25, 0.3) is 0 Å². The molecule has 4 rings (SSSR count). The number of nitrogens with zero attached hydrogens (tertiary/aromatic N) is 3. The summed E-state index contributed by atoms with van der Waals surface area (Å²) in [6, 6.07) is 13.6. The lowest BCUT2D eigenvalue weighted by atomic mass is 10.1. The van der Waals surface area contributed by atoms with E-state index < -0.39 is 6.36 Å². The van der Waals surface area contributed by atoms with E-state index in [-0.39, 0.29) is 5.75 Å². The number of pyridine rings is 1. The Kier molecular flexibility index (Phi) is 6.03. The number of ether oxygens (including phenoxy) is 1. The van der Waals surface area contributed by atoms with Gasteiger partial charge in [0.15, 0.2) is 5.82 Å². The van der Waals surface area contributed by atoms with Crippen molar-refractivity contribution in [2.45, 2.75) is 26.1 Å². The van der Waals surface area contributed by atoms with Crippen molar-refractivity contribution in [3.8, 4) is 17.3 Å². The molecule has 0 fully saturated rings. The summed E-state index contributed by atoms with van der Waals surface area (Å²) < 4.78 is 40.7. The number of benzene rings is 1. The van der Waals surface area contributed by atoms with Gasteiger partial charge in [-0.1, -0.05) is 18.2 Å². The molecule has 4 aromatic rings. The normalized spacial score (nSPS) is 11.6. The standard InChI is InChI=1S/C22H19F3N4OS/c1-14-13-17-19(28-20(29-21(17)31-14)18-6-2-3-11-26-18)27-12-4-5-15-7-9-16(10-8-15)30-22(23,24)25/h2-3,6-11,13H,4-5,12H2,1H3,(H,27,28,29). The van der Waals surface area contributed by atoms with Crippen LogP contribution in [0.4, 0.5) is 19.0 Å². The molecule has 1 N–H and O–H groups in total. The summed E-state index contributed by atoms with van der Waals surface area (Å²) in [7, 11) is 0. The van der Waals surface area contributed by atoms with Crippen LogP contribution in [0.5, 0.6) is 5.75 Å². The van der Waals surface area contributed by atoms with E-state index >= 15 is 0 Å². The molecule has 0 saturated carbocycles. The minimum Gasteiger partial charge on any atom is -0.406 e. The second-order valence-corrected chi connectivity index (χ2v) is 8.14. The number of halogens is 3. The van der Waals surface area contributed by atoms with Crippen molar-refractivity contribution in [1.82, 2.24) is 15.0 Å². The first-order valence-corrected chi connectivity index (χ1v) is 10.5.